The first-order valence-electron chi connectivity index (χ1n) is 8.01. The van der Waals surface area contributed by atoms with Crippen LogP contribution in [0.25, 0.3) is 5.69 Å². The maximum absolute atomic E-state index is 12.6. The third-order valence-electron chi connectivity index (χ3n) is 4.01. The minimum atomic E-state index is 0.00952. The van der Waals surface area contributed by atoms with Crippen LogP contribution >= 0.6 is 0 Å². The summed E-state index contributed by atoms with van der Waals surface area (Å²) in [4.78, 5) is 12.6. The molecule has 4 nitrogen and oxygen atoms in total. The molecule has 1 aromatic heterocycles. The molecule has 1 heterocycles. The van der Waals surface area contributed by atoms with Gasteiger partial charge >= 0.3 is 0 Å². The molecule has 4 heteroatoms. The van der Waals surface area contributed by atoms with E-state index in [1.807, 2.05) is 41.9 Å². The fraction of sp³-hybridized carbons (Fsp3) is 0.444. The van der Waals surface area contributed by atoms with Gasteiger partial charge < -0.3 is 5.32 Å². The van der Waals surface area contributed by atoms with Crippen LogP contribution in [-0.4, -0.2) is 22.2 Å². The van der Waals surface area contributed by atoms with E-state index in [9.17, 15) is 4.79 Å². The van der Waals surface area contributed by atoms with Crippen molar-refractivity contribution >= 4 is 5.91 Å². The zero-order valence-electron chi connectivity index (χ0n) is 13.5. The maximum Gasteiger partial charge on any atom is 0.255 e. The molecule has 1 amide bonds. The summed E-state index contributed by atoms with van der Waals surface area (Å²) in [5.41, 5.74) is 3.66. The predicted molar refractivity (Wildman–Crippen MR) is 87.4 cm³/mol. The summed E-state index contributed by atoms with van der Waals surface area (Å²) >= 11 is 0. The number of nitrogens with one attached hydrogen (secondary N) is 1. The van der Waals surface area contributed by atoms with E-state index in [4.69, 9.17) is 5.10 Å². The third kappa shape index (κ3) is 2.91. The van der Waals surface area contributed by atoms with Crippen molar-refractivity contribution in [1.82, 2.24) is 15.1 Å². The van der Waals surface area contributed by atoms with Gasteiger partial charge in [-0.2, -0.15) is 5.10 Å². The third-order valence-corrected chi connectivity index (χ3v) is 4.01. The Morgan fingerprint density at radius 3 is 2.59 bits per heavy atom. The number of carbonyl (C=O) groups excluding carboxylic acids is 1. The first-order valence-corrected chi connectivity index (χ1v) is 8.01. The van der Waals surface area contributed by atoms with Crippen molar-refractivity contribution in [1.29, 1.82) is 0 Å². The van der Waals surface area contributed by atoms with Gasteiger partial charge in [0.2, 0.25) is 0 Å². The molecule has 0 atom stereocenters. The second-order valence-electron chi connectivity index (χ2n) is 6.47. The Morgan fingerprint density at radius 1 is 1.32 bits per heavy atom. The highest BCUT2D eigenvalue weighted by Gasteiger charge is 2.33. The number of hydrogen-bond donors (Lipinski definition) is 1. The van der Waals surface area contributed by atoms with Gasteiger partial charge in [0, 0.05) is 12.5 Å². The topological polar surface area (TPSA) is 46.9 Å². The zero-order valence-corrected chi connectivity index (χ0v) is 13.5. The molecule has 0 unspecified atom stereocenters. The standard InChI is InChI=1S/C18H23N3O/c1-12(2)11-19-18(22)16-13(3)21(15-7-5-4-6-8-15)20-17(16)14-9-10-14/h4-8,12,14H,9-11H2,1-3H3,(H,19,22). The van der Waals surface area contributed by atoms with Crippen LogP contribution < -0.4 is 5.32 Å². The van der Waals surface area contributed by atoms with E-state index >= 15 is 0 Å². The van der Waals surface area contributed by atoms with Crippen LogP contribution in [0.4, 0.5) is 0 Å². The number of amides is 1. The molecule has 1 aliphatic carbocycles. The number of nitrogens with zero attached hydrogens (tertiary/aromatic N) is 2. The van der Waals surface area contributed by atoms with Crippen molar-refractivity contribution < 1.29 is 4.79 Å². The molecule has 0 radical (unpaired) electrons. The van der Waals surface area contributed by atoms with Gasteiger partial charge in [-0.3, -0.25) is 4.79 Å². The molecule has 2 aromatic rings. The highest BCUT2D eigenvalue weighted by atomic mass is 16.1. The number of benzene rings is 1. The summed E-state index contributed by atoms with van der Waals surface area (Å²) < 4.78 is 1.90. The first-order chi connectivity index (χ1) is 10.6. The molecular weight excluding hydrogens is 274 g/mol. The van der Waals surface area contributed by atoms with E-state index < -0.39 is 0 Å². The predicted octanol–water partition coefficient (Wildman–Crippen LogP) is 3.44. The molecule has 1 fully saturated rings. The van der Waals surface area contributed by atoms with Crippen LogP contribution in [0, 0.1) is 12.8 Å². The molecule has 3 rings (SSSR count). The second-order valence-corrected chi connectivity index (χ2v) is 6.47. The average molecular weight is 297 g/mol. The zero-order chi connectivity index (χ0) is 15.7. The van der Waals surface area contributed by atoms with Gasteiger partial charge in [-0.15, -0.1) is 0 Å². The Labute approximate surface area is 131 Å². The lowest BCUT2D eigenvalue weighted by Crippen LogP contribution is -2.28. The molecule has 1 N–H and O–H groups in total. The Kier molecular flexibility index (Phi) is 4.01. The highest BCUT2D eigenvalue weighted by molar-refractivity contribution is 5.97. The first kappa shape index (κ1) is 14.8. The Bertz CT molecular complexity index is 669. The van der Waals surface area contributed by atoms with Crippen molar-refractivity contribution in [2.75, 3.05) is 6.54 Å². The molecule has 0 aliphatic heterocycles. The summed E-state index contributed by atoms with van der Waals surface area (Å²) in [6, 6.07) is 10.0. The van der Waals surface area contributed by atoms with Gasteiger partial charge in [-0.25, -0.2) is 4.68 Å². The van der Waals surface area contributed by atoms with E-state index in [2.05, 4.69) is 19.2 Å². The highest BCUT2D eigenvalue weighted by Crippen LogP contribution is 2.42. The minimum absolute atomic E-state index is 0.00952. The van der Waals surface area contributed by atoms with Crippen molar-refractivity contribution in [3.8, 4) is 5.69 Å². The van der Waals surface area contributed by atoms with E-state index in [1.165, 1.54) is 0 Å². The lowest BCUT2D eigenvalue weighted by atomic mass is 10.1. The smallest absolute Gasteiger partial charge is 0.255 e. The summed E-state index contributed by atoms with van der Waals surface area (Å²) in [6.45, 7) is 6.87. The van der Waals surface area contributed by atoms with Crippen molar-refractivity contribution in [2.24, 2.45) is 5.92 Å². The van der Waals surface area contributed by atoms with Gasteiger partial charge in [0.25, 0.3) is 5.91 Å². The summed E-state index contributed by atoms with van der Waals surface area (Å²) in [6.07, 6.45) is 2.27. The van der Waals surface area contributed by atoms with E-state index in [0.717, 1.165) is 35.5 Å². The fourth-order valence-corrected chi connectivity index (χ4v) is 2.65. The molecule has 1 aliphatic rings. The number of carbonyl (C=O) groups is 1. The van der Waals surface area contributed by atoms with Crippen LogP contribution in [0.3, 0.4) is 0 Å². The van der Waals surface area contributed by atoms with Crippen molar-refractivity contribution in [3.63, 3.8) is 0 Å². The lowest BCUT2D eigenvalue weighted by molar-refractivity contribution is 0.0947. The molecule has 0 spiro atoms. The molecule has 116 valence electrons. The van der Waals surface area contributed by atoms with E-state index in [-0.39, 0.29) is 5.91 Å². The molecule has 1 aromatic carbocycles. The largest absolute Gasteiger partial charge is 0.352 e. The monoisotopic (exact) mass is 297 g/mol. The SMILES string of the molecule is Cc1c(C(=O)NCC(C)C)c(C2CC2)nn1-c1ccccc1. The quantitative estimate of drug-likeness (QED) is 0.919. The lowest BCUT2D eigenvalue weighted by Gasteiger charge is -2.09. The van der Waals surface area contributed by atoms with Gasteiger partial charge in [0.05, 0.1) is 22.6 Å². The summed E-state index contributed by atoms with van der Waals surface area (Å²) in [7, 11) is 0. The normalized spacial score (nSPS) is 14.4. The molecule has 1 saturated carbocycles. The minimum Gasteiger partial charge on any atom is -0.352 e. The maximum atomic E-state index is 12.6. The van der Waals surface area contributed by atoms with Gasteiger partial charge in [-0.05, 0) is 37.8 Å². The second kappa shape index (κ2) is 5.95. The van der Waals surface area contributed by atoms with Gasteiger partial charge in [0.1, 0.15) is 0 Å². The number of para-hydroxylation sites is 1. The van der Waals surface area contributed by atoms with Crippen LogP contribution in [0.2, 0.25) is 0 Å². The fourth-order valence-electron chi connectivity index (χ4n) is 2.65. The number of aromatic nitrogens is 2. The van der Waals surface area contributed by atoms with Crippen molar-refractivity contribution in [3.05, 3.63) is 47.3 Å². The molecule has 0 bridgehead atoms. The van der Waals surface area contributed by atoms with Crippen LogP contribution in [0.5, 0.6) is 0 Å². The Hall–Kier alpha value is -2.10. The van der Waals surface area contributed by atoms with Gasteiger partial charge in [-0.1, -0.05) is 32.0 Å². The van der Waals surface area contributed by atoms with Crippen molar-refractivity contribution in [2.45, 2.75) is 39.5 Å². The Balaban J connectivity index is 1.98. The average Bonchev–Trinajstić information content (AvgIpc) is 3.29. The molecule has 0 saturated heterocycles. The van der Waals surface area contributed by atoms with Crippen LogP contribution in [0.15, 0.2) is 30.3 Å². The summed E-state index contributed by atoms with van der Waals surface area (Å²) in [5.74, 6) is 0.900. The van der Waals surface area contributed by atoms with Gasteiger partial charge in [0.15, 0.2) is 0 Å². The molecule has 22 heavy (non-hydrogen) atoms. The summed E-state index contributed by atoms with van der Waals surface area (Å²) in [5, 5.41) is 7.78. The number of hydrogen-bond acceptors (Lipinski definition) is 2. The van der Waals surface area contributed by atoms with Crippen LogP contribution in [0.1, 0.15) is 54.4 Å². The Morgan fingerprint density at radius 2 is 2.00 bits per heavy atom. The van der Waals surface area contributed by atoms with E-state index in [0.29, 0.717) is 18.4 Å². The van der Waals surface area contributed by atoms with Crippen LogP contribution in [-0.2, 0) is 0 Å². The van der Waals surface area contributed by atoms with E-state index in [1.54, 1.807) is 0 Å². The molecular formula is C18H23N3O. The number of rotatable bonds is 5.